The molecule has 0 radical (unpaired) electrons. The molecule has 0 unspecified atom stereocenters. The highest BCUT2D eigenvalue weighted by Crippen LogP contribution is 2.11. The molecule has 4 aromatic rings. The van der Waals surface area contributed by atoms with Gasteiger partial charge in [0.25, 0.3) is 0 Å². The molecule has 0 saturated carbocycles. The van der Waals surface area contributed by atoms with Crippen molar-refractivity contribution in [3.05, 3.63) is 144 Å². The Hall–Kier alpha value is -3.32. The average Bonchev–Trinajstić information content (AvgIpc) is 3.02. The lowest BCUT2D eigenvalue weighted by Crippen LogP contribution is -2.37. The van der Waals surface area contributed by atoms with Gasteiger partial charge in [0.1, 0.15) is 0 Å². The largest absolute Gasteiger partial charge is 0.314 e. The van der Waals surface area contributed by atoms with Crippen LogP contribution in [0.3, 0.4) is 0 Å². The van der Waals surface area contributed by atoms with Gasteiger partial charge in [-0.25, -0.2) is 0 Å². The van der Waals surface area contributed by atoms with E-state index in [9.17, 15) is 0 Å². The lowest BCUT2D eigenvalue weighted by Gasteiger charge is -2.23. The first-order valence-electron chi connectivity index (χ1n) is 15.1. The molecule has 0 amide bonds. The second-order valence-corrected chi connectivity index (χ2v) is 10.6. The summed E-state index contributed by atoms with van der Waals surface area (Å²) in [7, 11) is 0. The topological polar surface area (TPSA) is 42.6 Å². The highest BCUT2D eigenvalue weighted by molar-refractivity contribution is 5.18. The summed E-state index contributed by atoms with van der Waals surface area (Å²) in [6.45, 7) is 11.8. The normalized spacial score (nSPS) is 11.4. The van der Waals surface area contributed by atoms with Gasteiger partial charge in [0.2, 0.25) is 0 Å². The minimum Gasteiger partial charge on any atom is -0.314 e. The van der Waals surface area contributed by atoms with Crippen LogP contribution >= 0.6 is 0 Å². The van der Waals surface area contributed by atoms with Crippen LogP contribution in [0.25, 0.3) is 0 Å². The van der Waals surface area contributed by atoms with E-state index in [4.69, 9.17) is 0 Å². The molecule has 0 saturated heterocycles. The van der Waals surface area contributed by atoms with Crippen LogP contribution in [0.4, 0.5) is 0 Å². The van der Waals surface area contributed by atoms with Gasteiger partial charge in [-0.3, -0.25) is 9.80 Å². The molecular weight excluding hydrogens is 502 g/mol. The van der Waals surface area contributed by atoms with E-state index in [2.05, 4.69) is 147 Å². The summed E-state index contributed by atoms with van der Waals surface area (Å²) in [4.78, 5) is 5.04. The molecule has 5 heteroatoms. The maximum absolute atomic E-state index is 3.62. The lowest BCUT2D eigenvalue weighted by molar-refractivity contribution is 0.256. The minimum absolute atomic E-state index is 0.968. The fourth-order valence-corrected chi connectivity index (χ4v) is 5.00. The molecule has 0 fully saturated rings. The summed E-state index contributed by atoms with van der Waals surface area (Å²) in [5.41, 5.74) is 5.45. The minimum atomic E-state index is 0.968. The van der Waals surface area contributed by atoms with Crippen LogP contribution in [-0.4, -0.2) is 62.2 Å². The van der Waals surface area contributed by atoms with Crippen LogP contribution in [0.15, 0.2) is 121 Å². The van der Waals surface area contributed by atoms with Crippen LogP contribution < -0.4 is 16.0 Å². The van der Waals surface area contributed by atoms with Crippen molar-refractivity contribution in [3.63, 3.8) is 0 Å². The Kier molecular flexibility index (Phi) is 14.1. The summed E-state index contributed by atoms with van der Waals surface area (Å²) in [5.74, 6) is 0. The summed E-state index contributed by atoms with van der Waals surface area (Å²) >= 11 is 0. The van der Waals surface area contributed by atoms with Crippen LogP contribution in [0.2, 0.25) is 0 Å². The molecule has 0 spiro atoms. The molecule has 4 aromatic carbocycles. The van der Waals surface area contributed by atoms with Crippen molar-refractivity contribution in [2.45, 2.75) is 26.2 Å². The van der Waals surface area contributed by atoms with E-state index in [1.807, 2.05) is 0 Å². The van der Waals surface area contributed by atoms with Crippen LogP contribution in [-0.2, 0) is 26.2 Å². The highest BCUT2D eigenvalue weighted by atomic mass is 15.1. The fraction of sp³-hybridized carbons (Fsp3) is 0.333. The van der Waals surface area contributed by atoms with Gasteiger partial charge in [0.05, 0.1) is 0 Å². The van der Waals surface area contributed by atoms with Gasteiger partial charge < -0.3 is 16.0 Å². The Morgan fingerprint density at radius 2 is 0.561 bits per heavy atom. The number of benzene rings is 4. The predicted molar refractivity (Wildman–Crippen MR) is 173 cm³/mol. The highest BCUT2D eigenvalue weighted by Gasteiger charge is 2.08. The molecule has 0 aliphatic heterocycles. The molecule has 3 N–H and O–H groups in total. The first kappa shape index (κ1) is 30.6. The molecule has 0 atom stereocenters. The van der Waals surface area contributed by atoms with Gasteiger partial charge in [-0.1, -0.05) is 121 Å². The van der Waals surface area contributed by atoms with Gasteiger partial charge in [-0.15, -0.1) is 0 Å². The zero-order valence-corrected chi connectivity index (χ0v) is 24.4. The Morgan fingerprint density at radius 3 is 0.829 bits per heavy atom. The number of nitrogens with zero attached hydrogens (tertiary/aromatic N) is 2. The Morgan fingerprint density at radius 1 is 0.317 bits per heavy atom. The van der Waals surface area contributed by atoms with Crippen molar-refractivity contribution in [2.75, 3.05) is 52.4 Å². The van der Waals surface area contributed by atoms with E-state index >= 15 is 0 Å². The molecule has 0 bridgehead atoms. The van der Waals surface area contributed by atoms with E-state index in [0.29, 0.717) is 0 Å². The Labute approximate surface area is 247 Å². The first-order valence-corrected chi connectivity index (χ1v) is 15.1. The lowest BCUT2D eigenvalue weighted by atomic mass is 10.1. The molecule has 5 nitrogen and oxygen atoms in total. The van der Waals surface area contributed by atoms with Gasteiger partial charge >= 0.3 is 0 Å². The van der Waals surface area contributed by atoms with Crippen molar-refractivity contribution in [2.24, 2.45) is 0 Å². The SMILES string of the molecule is c1ccc(CN(CCNCCNCCNCCN(Cc2ccccc2)Cc2ccccc2)Cc2ccccc2)cc1. The number of rotatable bonds is 20. The van der Waals surface area contributed by atoms with E-state index in [-0.39, 0.29) is 0 Å². The summed E-state index contributed by atoms with van der Waals surface area (Å²) in [6, 6.07) is 43.1. The standard InChI is InChI=1S/C36H47N5/c1-5-13-33(14-6-1)29-40(30-34-15-7-2-8-16-34)27-25-38-23-21-37-22-24-39-26-28-41(31-35-17-9-3-10-18-35)32-36-19-11-4-12-20-36/h1-20,37-39H,21-32H2. The van der Waals surface area contributed by atoms with Crippen molar-refractivity contribution in [3.8, 4) is 0 Å². The van der Waals surface area contributed by atoms with Crippen molar-refractivity contribution >= 4 is 0 Å². The quantitative estimate of drug-likeness (QED) is 0.133. The van der Waals surface area contributed by atoms with E-state index in [0.717, 1.165) is 78.5 Å². The Bertz CT molecular complexity index is 994. The number of hydrogen-bond acceptors (Lipinski definition) is 5. The third-order valence-corrected chi connectivity index (χ3v) is 7.16. The van der Waals surface area contributed by atoms with Crippen molar-refractivity contribution < 1.29 is 0 Å². The summed E-state index contributed by atoms with van der Waals surface area (Å²) in [6.07, 6.45) is 0. The van der Waals surface area contributed by atoms with Crippen LogP contribution in [0, 0.1) is 0 Å². The maximum Gasteiger partial charge on any atom is 0.0237 e. The van der Waals surface area contributed by atoms with Crippen molar-refractivity contribution in [1.82, 2.24) is 25.8 Å². The smallest absolute Gasteiger partial charge is 0.0237 e. The van der Waals surface area contributed by atoms with Crippen molar-refractivity contribution in [1.29, 1.82) is 0 Å². The van der Waals surface area contributed by atoms with Gasteiger partial charge in [0.15, 0.2) is 0 Å². The molecule has 0 heterocycles. The monoisotopic (exact) mass is 549 g/mol. The molecule has 41 heavy (non-hydrogen) atoms. The molecule has 0 aliphatic rings. The maximum atomic E-state index is 3.62. The van der Waals surface area contributed by atoms with E-state index in [1.165, 1.54) is 22.3 Å². The van der Waals surface area contributed by atoms with Gasteiger partial charge in [0, 0.05) is 78.5 Å². The molecule has 0 aromatic heterocycles. The predicted octanol–water partition coefficient (Wildman–Crippen LogP) is 5.16. The zero-order chi connectivity index (χ0) is 28.2. The zero-order valence-electron chi connectivity index (χ0n) is 24.4. The Balaban J connectivity index is 1.07. The van der Waals surface area contributed by atoms with E-state index < -0.39 is 0 Å². The van der Waals surface area contributed by atoms with Gasteiger partial charge in [-0.2, -0.15) is 0 Å². The number of hydrogen-bond donors (Lipinski definition) is 3. The number of nitrogens with one attached hydrogen (secondary N) is 3. The molecule has 4 rings (SSSR count). The third kappa shape index (κ3) is 12.8. The van der Waals surface area contributed by atoms with Crippen LogP contribution in [0.1, 0.15) is 22.3 Å². The summed E-state index contributed by atoms with van der Waals surface area (Å²) in [5, 5.41) is 10.8. The van der Waals surface area contributed by atoms with Gasteiger partial charge in [-0.05, 0) is 22.3 Å². The molecular formula is C36H47N5. The second kappa shape index (κ2) is 18.9. The second-order valence-electron chi connectivity index (χ2n) is 10.6. The average molecular weight is 550 g/mol. The summed E-state index contributed by atoms with van der Waals surface area (Å²) < 4.78 is 0. The first-order chi connectivity index (χ1) is 20.3. The molecule has 0 aliphatic carbocycles. The fourth-order valence-electron chi connectivity index (χ4n) is 5.00. The van der Waals surface area contributed by atoms with E-state index in [1.54, 1.807) is 0 Å². The molecule has 216 valence electrons. The third-order valence-electron chi connectivity index (χ3n) is 7.16. The van der Waals surface area contributed by atoms with Crippen LogP contribution in [0.5, 0.6) is 0 Å².